The van der Waals surface area contributed by atoms with Crippen LogP contribution < -0.4 is 0 Å². The van der Waals surface area contributed by atoms with Crippen LogP contribution in [-0.4, -0.2) is 44.8 Å². The van der Waals surface area contributed by atoms with Gasteiger partial charge in [0.2, 0.25) is 0 Å². The van der Waals surface area contributed by atoms with E-state index in [0.717, 1.165) is 5.69 Å². The molecule has 6 nitrogen and oxygen atoms in total. The maximum Gasteiger partial charge on any atom is 0.308 e. The summed E-state index contributed by atoms with van der Waals surface area (Å²) >= 11 is 5.96. The van der Waals surface area contributed by atoms with Gasteiger partial charge in [-0.25, -0.2) is 4.68 Å². The molecule has 1 saturated heterocycles. The van der Waals surface area contributed by atoms with Crippen LogP contribution in [0, 0.1) is 5.92 Å². The number of carboxylic acids is 1. The number of piperidine rings is 1. The molecule has 0 spiro atoms. The minimum atomic E-state index is -0.855. The Morgan fingerprint density at radius 3 is 2.87 bits per heavy atom. The molecule has 2 aromatic rings. The number of amides is 1. The van der Waals surface area contributed by atoms with Gasteiger partial charge in [-0.3, -0.25) is 9.59 Å². The molecule has 1 amide bonds. The lowest BCUT2D eigenvalue weighted by Gasteiger charge is -2.30. The second-order valence-electron chi connectivity index (χ2n) is 5.55. The van der Waals surface area contributed by atoms with E-state index < -0.39 is 11.9 Å². The van der Waals surface area contributed by atoms with Gasteiger partial charge in [-0.2, -0.15) is 5.10 Å². The van der Waals surface area contributed by atoms with E-state index >= 15 is 0 Å². The number of likely N-dealkylation sites (tertiary alicyclic amines) is 1. The predicted octanol–water partition coefficient (Wildman–Crippen LogP) is 2.46. The molecule has 0 aliphatic carbocycles. The van der Waals surface area contributed by atoms with E-state index in [1.54, 1.807) is 34.0 Å². The first kappa shape index (κ1) is 15.6. The van der Waals surface area contributed by atoms with E-state index in [2.05, 4.69) is 5.10 Å². The monoisotopic (exact) mass is 333 g/mol. The highest BCUT2D eigenvalue weighted by molar-refractivity contribution is 6.30. The number of benzene rings is 1. The average Bonchev–Trinajstić information content (AvgIpc) is 3.04. The Bertz CT molecular complexity index is 744. The molecule has 0 unspecified atom stereocenters. The number of halogens is 1. The summed E-state index contributed by atoms with van der Waals surface area (Å²) < 4.78 is 1.58. The third-order valence-electron chi connectivity index (χ3n) is 3.94. The highest BCUT2D eigenvalue weighted by Gasteiger charge is 2.29. The Kier molecular flexibility index (Phi) is 4.34. The molecule has 1 N–H and O–H groups in total. The molecule has 0 radical (unpaired) electrons. The summed E-state index contributed by atoms with van der Waals surface area (Å²) in [5.41, 5.74) is 1.06. The molecule has 0 bridgehead atoms. The van der Waals surface area contributed by atoms with Crippen molar-refractivity contribution in [2.24, 2.45) is 5.92 Å². The molecule has 1 atom stereocenters. The number of nitrogens with zero attached hydrogens (tertiary/aromatic N) is 3. The molecule has 1 aliphatic rings. The van der Waals surface area contributed by atoms with Gasteiger partial charge >= 0.3 is 5.97 Å². The first-order chi connectivity index (χ1) is 11.0. The third kappa shape index (κ3) is 3.37. The Morgan fingerprint density at radius 2 is 2.13 bits per heavy atom. The van der Waals surface area contributed by atoms with Gasteiger partial charge in [0.1, 0.15) is 0 Å². The molecule has 2 heterocycles. The quantitative estimate of drug-likeness (QED) is 0.936. The van der Waals surface area contributed by atoms with Gasteiger partial charge in [-0.15, -0.1) is 0 Å². The van der Waals surface area contributed by atoms with Crippen LogP contribution in [-0.2, 0) is 4.79 Å². The lowest BCUT2D eigenvalue weighted by molar-refractivity contribution is -0.143. The maximum atomic E-state index is 12.5. The number of hydrogen-bond acceptors (Lipinski definition) is 3. The Labute approximate surface area is 138 Å². The van der Waals surface area contributed by atoms with Gasteiger partial charge in [0.15, 0.2) is 5.69 Å². The van der Waals surface area contributed by atoms with Crippen LogP contribution in [0.5, 0.6) is 0 Å². The fourth-order valence-electron chi connectivity index (χ4n) is 2.73. The molecule has 7 heteroatoms. The van der Waals surface area contributed by atoms with Crippen molar-refractivity contribution >= 4 is 23.5 Å². The SMILES string of the molecule is O=C(O)[C@@H]1CCCN(C(=O)c2ccn(-c3cccc(Cl)c3)n2)C1. The van der Waals surface area contributed by atoms with Gasteiger partial charge in [0.05, 0.1) is 11.6 Å². The fraction of sp³-hybridized carbons (Fsp3) is 0.312. The molecule has 1 aromatic carbocycles. The van der Waals surface area contributed by atoms with E-state index in [-0.39, 0.29) is 12.5 Å². The summed E-state index contributed by atoms with van der Waals surface area (Å²) in [4.78, 5) is 25.2. The number of hydrogen-bond donors (Lipinski definition) is 1. The summed E-state index contributed by atoms with van der Waals surface area (Å²) in [5.74, 6) is -1.59. The summed E-state index contributed by atoms with van der Waals surface area (Å²) in [6.45, 7) is 0.796. The van der Waals surface area contributed by atoms with E-state index in [4.69, 9.17) is 16.7 Å². The van der Waals surface area contributed by atoms with Crippen molar-refractivity contribution in [2.45, 2.75) is 12.8 Å². The lowest BCUT2D eigenvalue weighted by Crippen LogP contribution is -2.42. The Balaban J connectivity index is 1.77. The van der Waals surface area contributed by atoms with Crippen LogP contribution in [0.4, 0.5) is 0 Å². The van der Waals surface area contributed by atoms with E-state index in [9.17, 15) is 9.59 Å². The molecule has 1 aliphatic heterocycles. The predicted molar refractivity (Wildman–Crippen MR) is 84.8 cm³/mol. The molecular formula is C16H16ClN3O3. The van der Waals surface area contributed by atoms with Crippen molar-refractivity contribution in [2.75, 3.05) is 13.1 Å². The first-order valence-corrected chi connectivity index (χ1v) is 7.76. The molecule has 0 saturated carbocycles. The molecular weight excluding hydrogens is 318 g/mol. The number of rotatable bonds is 3. The number of carbonyl (C=O) groups excluding carboxylic acids is 1. The zero-order chi connectivity index (χ0) is 16.4. The lowest BCUT2D eigenvalue weighted by atomic mass is 9.98. The second-order valence-corrected chi connectivity index (χ2v) is 5.99. The highest BCUT2D eigenvalue weighted by Crippen LogP contribution is 2.19. The maximum absolute atomic E-state index is 12.5. The standard InChI is InChI=1S/C16H16ClN3O3/c17-12-4-1-5-13(9-12)20-8-6-14(18-20)15(21)19-7-2-3-11(10-19)16(22)23/h1,4-6,8-9,11H,2-3,7,10H2,(H,22,23)/t11-/m1/s1. The Morgan fingerprint density at radius 1 is 1.30 bits per heavy atom. The van der Waals surface area contributed by atoms with Crippen LogP contribution in [0.3, 0.4) is 0 Å². The van der Waals surface area contributed by atoms with Crippen molar-refractivity contribution in [1.29, 1.82) is 0 Å². The van der Waals surface area contributed by atoms with Crippen molar-refractivity contribution in [3.8, 4) is 5.69 Å². The normalized spacial score (nSPS) is 18.0. The molecule has 1 aromatic heterocycles. The first-order valence-electron chi connectivity index (χ1n) is 7.38. The van der Waals surface area contributed by atoms with Gasteiger partial charge < -0.3 is 10.0 Å². The number of aromatic nitrogens is 2. The molecule has 120 valence electrons. The van der Waals surface area contributed by atoms with Gasteiger partial charge in [-0.05, 0) is 37.1 Å². The summed E-state index contributed by atoms with van der Waals surface area (Å²) in [5, 5.41) is 14.0. The van der Waals surface area contributed by atoms with E-state index in [0.29, 0.717) is 30.1 Å². The number of carbonyl (C=O) groups is 2. The van der Waals surface area contributed by atoms with Crippen LogP contribution in [0.2, 0.25) is 5.02 Å². The third-order valence-corrected chi connectivity index (χ3v) is 4.17. The van der Waals surface area contributed by atoms with E-state index in [1.165, 1.54) is 0 Å². The fourth-order valence-corrected chi connectivity index (χ4v) is 2.91. The van der Waals surface area contributed by atoms with Gasteiger partial charge in [0.25, 0.3) is 5.91 Å². The topological polar surface area (TPSA) is 75.4 Å². The van der Waals surface area contributed by atoms with Crippen molar-refractivity contribution in [3.63, 3.8) is 0 Å². The molecule has 1 fully saturated rings. The smallest absolute Gasteiger partial charge is 0.308 e. The number of aliphatic carboxylic acids is 1. The average molecular weight is 334 g/mol. The van der Waals surface area contributed by atoms with Crippen LogP contribution in [0.15, 0.2) is 36.5 Å². The van der Waals surface area contributed by atoms with Crippen molar-refractivity contribution in [1.82, 2.24) is 14.7 Å². The minimum Gasteiger partial charge on any atom is -0.481 e. The second kappa shape index (κ2) is 6.42. The van der Waals surface area contributed by atoms with Crippen molar-refractivity contribution in [3.05, 3.63) is 47.2 Å². The molecule has 3 rings (SSSR count). The summed E-state index contributed by atoms with van der Waals surface area (Å²) in [6, 6.07) is 8.80. The van der Waals surface area contributed by atoms with Gasteiger partial charge in [0, 0.05) is 24.3 Å². The summed E-state index contributed by atoms with van der Waals surface area (Å²) in [6.07, 6.45) is 2.99. The van der Waals surface area contributed by atoms with E-state index in [1.807, 2.05) is 12.1 Å². The Hall–Kier alpha value is -2.34. The van der Waals surface area contributed by atoms with Crippen LogP contribution >= 0.6 is 11.6 Å². The zero-order valence-electron chi connectivity index (χ0n) is 12.4. The van der Waals surface area contributed by atoms with Crippen LogP contribution in [0.25, 0.3) is 5.69 Å². The van der Waals surface area contributed by atoms with Crippen LogP contribution in [0.1, 0.15) is 23.3 Å². The minimum absolute atomic E-state index is 0.234. The zero-order valence-corrected chi connectivity index (χ0v) is 13.1. The van der Waals surface area contributed by atoms with Crippen molar-refractivity contribution < 1.29 is 14.7 Å². The largest absolute Gasteiger partial charge is 0.481 e. The molecule has 23 heavy (non-hydrogen) atoms. The number of carboxylic acid groups (broad SMARTS) is 1. The van der Waals surface area contributed by atoms with Gasteiger partial charge in [-0.1, -0.05) is 17.7 Å². The summed E-state index contributed by atoms with van der Waals surface area (Å²) in [7, 11) is 0. The highest BCUT2D eigenvalue weighted by atomic mass is 35.5.